The number of benzene rings is 2. The van der Waals surface area contributed by atoms with Crippen LogP contribution in [0.15, 0.2) is 48.5 Å². The van der Waals surface area contributed by atoms with Crippen molar-refractivity contribution in [2.75, 3.05) is 0 Å². The van der Waals surface area contributed by atoms with Crippen LogP contribution in [0.2, 0.25) is 10.0 Å². The van der Waals surface area contributed by atoms with Crippen molar-refractivity contribution in [3.63, 3.8) is 0 Å². The lowest BCUT2D eigenvalue weighted by Gasteiger charge is -2.23. The Bertz CT molecular complexity index is 699. The van der Waals surface area contributed by atoms with Crippen LogP contribution in [-0.2, 0) is 10.2 Å². The normalized spacial score (nSPS) is 19.0. The van der Waals surface area contributed by atoms with Gasteiger partial charge in [0.05, 0.1) is 5.92 Å². The second kappa shape index (κ2) is 6.09. The summed E-state index contributed by atoms with van der Waals surface area (Å²) in [6.07, 6.45) is 0.790. The molecule has 1 N–H and O–H groups in total. The molecule has 2 aromatic carbocycles. The van der Waals surface area contributed by atoms with Crippen molar-refractivity contribution in [1.82, 2.24) is 5.32 Å². The van der Waals surface area contributed by atoms with E-state index in [2.05, 4.69) is 5.32 Å². The van der Waals surface area contributed by atoms with Crippen LogP contribution in [0.4, 0.5) is 0 Å². The molecule has 1 atom stereocenters. The smallest absolute Gasteiger partial charge is 0.224 e. The fourth-order valence-corrected chi connectivity index (χ4v) is 3.59. The number of hydrogen-bond donors (Lipinski definition) is 1. The van der Waals surface area contributed by atoms with Crippen molar-refractivity contribution in [2.45, 2.75) is 38.1 Å². The number of hydrogen-bond acceptors (Lipinski definition) is 1. The van der Waals surface area contributed by atoms with E-state index < -0.39 is 0 Å². The second-order valence-corrected chi connectivity index (χ2v) is 8.35. The molecule has 0 aromatic heterocycles. The van der Waals surface area contributed by atoms with Crippen LogP contribution in [0.5, 0.6) is 0 Å². The van der Waals surface area contributed by atoms with E-state index in [9.17, 15) is 4.79 Å². The minimum atomic E-state index is -0.301. The minimum absolute atomic E-state index is 0.0842. The highest BCUT2D eigenvalue weighted by molar-refractivity contribution is 6.30. The lowest BCUT2D eigenvalue weighted by atomic mass is 9.85. The Morgan fingerprint density at radius 3 is 1.75 bits per heavy atom. The zero-order valence-electron chi connectivity index (χ0n) is 14.1. The first-order valence-electron chi connectivity index (χ1n) is 8.06. The zero-order chi connectivity index (χ0) is 17.5. The average molecular weight is 362 g/mol. The Hall–Kier alpha value is -1.51. The first-order chi connectivity index (χ1) is 11.2. The predicted octanol–water partition coefficient (Wildman–Crippen LogP) is 5.21. The number of amides is 1. The van der Waals surface area contributed by atoms with Crippen LogP contribution in [0.1, 0.15) is 38.3 Å². The summed E-state index contributed by atoms with van der Waals surface area (Å²) in [5.41, 5.74) is 1.68. The predicted molar refractivity (Wildman–Crippen MR) is 99.7 cm³/mol. The van der Waals surface area contributed by atoms with Gasteiger partial charge >= 0.3 is 0 Å². The maximum absolute atomic E-state index is 12.8. The van der Waals surface area contributed by atoms with E-state index in [0.717, 1.165) is 17.5 Å². The van der Waals surface area contributed by atoms with Crippen molar-refractivity contribution in [1.29, 1.82) is 0 Å². The molecule has 1 aliphatic carbocycles. The quantitative estimate of drug-likeness (QED) is 0.798. The van der Waals surface area contributed by atoms with Gasteiger partial charge in [0.25, 0.3) is 0 Å². The highest BCUT2D eigenvalue weighted by Crippen LogP contribution is 2.59. The van der Waals surface area contributed by atoms with Gasteiger partial charge in [-0.05, 0) is 62.6 Å². The van der Waals surface area contributed by atoms with Crippen LogP contribution in [-0.4, -0.2) is 11.4 Å². The van der Waals surface area contributed by atoms with Crippen LogP contribution in [0.25, 0.3) is 0 Å². The lowest BCUT2D eigenvalue weighted by Crippen LogP contribution is -2.42. The van der Waals surface area contributed by atoms with Gasteiger partial charge in [0.15, 0.2) is 0 Å². The van der Waals surface area contributed by atoms with Crippen molar-refractivity contribution in [2.24, 2.45) is 5.92 Å². The fraction of sp³-hybridized carbons (Fsp3) is 0.350. The summed E-state index contributed by atoms with van der Waals surface area (Å²) < 4.78 is 0. The Balaban J connectivity index is 1.99. The van der Waals surface area contributed by atoms with E-state index in [4.69, 9.17) is 23.2 Å². The largest absolute Gasteiger partial charge is 0.351 e. The molecule has 0 radical (unpaired) electrons. The molecule has 2 nitrogen and oxygen atoms in total. The molecule has 1 aliphatic rings. The molecule has 0 bridgehead atoms. The standard InChI is InChI=1S/C20H21Cl2NO/c1-19(2,3)23-18(24)17-12-20(17,13-4-8-15(21)9-5-13)14-6-10-16(22)11-7-14/h4-11,17H,12H2,1-3H3,(H,23,24)/t17-/m0/s1. The minimum Gasteiger partial charge on any atom is -0.351 e. The van der Waals surface area contributed by atoms with Crippen LogP contribution >= 0.6 is 23.2 Å². The molecule has 4 heteroatoms. The zero-order valence-corrected chi connectivity index (χ0v) is 15.6. The van der Waals surface area contributed by atoms with Gasteiger partial charge in [0.1, 0.15) is 0 Å². The summed E-state index contributed by atoms with van der Waals surface area (Å²) >= 11 is 12.1. The van der Waals surface area contributed by atoms with Crippen molar-refractivity contribution in [3.05, 3.63) is 69.7 Å². The third kappa shape index (κ3) is 3.31. The Morgan fingerprint density at radius 1 is 0.958 bits per heavy atom. The maximum atomic E-state index is 12.8. The molecule has 1 fully saturated rings. The molecule has 0 spiro atoms. The average Bonchev–Trinajstić information content (AvgIpc) is 3.24. The number of rotatable bonds is 3. The van der Waals surface area contributed by atoms with Gasteiger partial charge in [-0.3, -0.25) is 4.79 Å². The number of halogens is 2. The Morgan fingerprint density at radius 2 is 1.38 bits per heavy atom. The summed E-state index contributed by atoms with van der Waals surface area (Å²) in [7, 11) is 0. The van der Waals surface area contributed by atoms with Crippen molar-refractivity contribution < 1.29 is 4.79 Å². The molecule has 0 heterocycles. The molecule has 0 aliphatic heterocycles. The topological polar surface area (TPSA) is 29.1 Å². The summed E-state index contributed by atoms with van der Waals surface area (Å²) in [6.45, 7) is 6.00. The third-order valence-electron chi connectivity index (χ3n) is 4.49. The lowest BCUT2D eigenvalue weighted by molar-refractivity contribution is -0.124. The highest BCUT2D eigenvalue weighted by atomic mass is 35.5. The number of carbonyl (C=O) groups is 1. The molecule has 1 saturated carbocycles. The van der Waals surface area contributed by atoms with E-state index in [1.165, 1.54) is 0 Å². The van der Waals surface area contributed by atoms with Gasteiger partial charge in [0, 0.05) is 21.0 Å². The van der Waals surface area contributed by atoms with Crippen molar-refractivity contribution in [3.8, 4) is 0 Å². The summed E-state index contributed by atoms with van der Waals surface area (Å²) in [4.78, 5) is 12.8. The first-order valence-corrected chi connectivity index (χ1v) is 8.82. The van der Waals surface area contributed by atoms with Crippen LogP contribution < -0.4 is 5.32 Å². The van der Waals surface area contributed by atoms with Gasteiger partial charge in [0.2, 0.25) is 5.91 Å². The van der Waals surface area contributed by atoms with Crippen molar-refractivity contribution >= 4 is 29.1 Å². The molecule has 3 rings (SSSR count). The molecular formula is C20H21Cl2NO. The number of nitrogens with one attached hydrogen (secondary N) is 1. The molecule has 2 aromatic rings. The van der Waals surface area contributed by atoms with Gasteiger partial charge in [-0.15, -0.1) is 0 Å². The van der Waals surface area contributed by atoms with Crippen LogP contribution in [0.3, 0.4) is 0 Å². The van der Waals surface area contributed by atoms with Crippen LogP contribution in [0, 0.1) is 5.92 Å². The molecular weight excluding hydrogens is 341 g/mol. The Labute approximate surface area is 153 Å². The van der Waals surface area contributed by atoms with E-state index >= 15 is 0 Å². The maximum Gasteiger partial charge on any atom is 0.224 e. The molecule has 24 heavy (non-hydrogen) atoms. The summed E-state index contributed by atoms with van der Waals surface area (Å²) in [6, 6.07) is 15.6. The fourth-order valence-electron chi connectivity index (χ4n) is 3.34. The monoisotopic (exact) mass is 361 g/mol. The SMILES string of the molecule is CC(C)(C)NC(=O)[C@@H]1CC1(c1ccc(Cl)cc1)c1ccc(Cl)cc1. The Kier molecular flexibility index (Phi) is 4.39. The van der Waals surface area contributed by atoms with E-state index in [1.807, 2.05) is 69.3 Å². The van der Waals surface area contributed by atoms with E-state index in [-0.39, 0.29) is 22.8 Å². The second-order valence-electron chi connectivity index (χ2n) is 7.48. The first kappa shape index (κ1) is 17.3. The number of carbonyl (C=O) groups excluding carboxylic acids is 1. The van der Waals surface area contributed by atoms with E-state index in [0.29, 0.717) is 10.0 Å². The third-order valence-corrected chi connectivity index (χ3v) is 5.00. The van der Waals surface area contributed by atoms with Gasteiger partial charge in [-0.2, -0.15) is 0 Å². The molecule has 0 unspecified atom stereocenters. The molecule has 0 saturated heterocycles. The summed E-state index contributed by atoms with van der Waals surface area (Å²) in [5.74, 6) is 0.00600. The molecule has 126 valence electrons. The highest BCUT2D eigenvalue weighted by Gasteiger charge is 2.60. The van der Waals surface area contributed by atoms with Gasteiger partial charge in [-0.25, -0.2) is 0 Å². The van der Waals surface area contributed by atoms with E-state index in [1.54, 1.807) is 0 Å². The molecule has 1 amide bonds. The summed E-state index contributed by atoms with van der Waals surface area (Å²) in [5, 5.41) is 4.50. The van der Waals surface area contributed by atoms with Gasteiger partial charge in [-0.1, -0.05) is 47.5 Å². The van der Waals surface area contributed by atoms with Gasteiger partial charge < -0.3 is 5.32 Å².